The summed E-state index contributed by atoms with van der Waals surface area (Å²) in [6, 6.07) is 16.7. The van der Waals surface area contributed by atoms with E-state index in [4.69, 9.17) is 11.6 Å². The van der Waals surface area contributed by atoms with Gasteiger partial charge in [-0.25, -0.2) is 0 Å². The molecular formula is C18H18ClNS. The second kappa shape index (κ2) is 6.17. The summed E-state index contributed by atoms with van der Waals surface area (Å²) >= 11 is 7.88. The molecule has 3 aromatic rings. The number of hydrogen-bond donors (Lipinski definition) is 0. The average Bonchev–Trinajstić information content (AvgIpc) is 2.79. The van der Waals surface area contributed by atoms with Crippen LogP contribution in [-0.4, -0.2) is 9.82 Å². The van der Waals surface area contributed by atoms with Crippen molar-refractivity contribution in [1.82, 2.24) is 4.57 Å². The van der Waals surface area contributed by atoms with Gasteiger partial charge in [0.1, 0.15) is 0 Å². The fourth-order valence-corrected chi connectivity index (χ4v) is 3.60. The molecule has 0 amide bonds. The zero-order chi connectivity index (χ0) is 14.8. The van der Waals surface area contributed by atoms with Crippen molar-refractivity contribution in [3.63, 3.8) is 0 Å². The summed E-state index contributed by atoms with van der Waals surface area (Å²) in [5.41, 5.74) is 2.55. The lowest BCUT2D eigenvalue weighted by atomic mass is 10.2. The van der Waals surface area contributed by atoms with Gasteiger partial charge in [-0.2, -0.15) is 0 Å². The molecule has 0 fully saturated rings. The third-order valence-electron chi connectivity index (χ3n) is 3.38. The van der Waals surface area contributed by atoms with Crippen LogP contribution in [0.25, 0.3) is 10.9 Å². The molecule has 3 rings (SSSR count). The summed E-state index contributed by atoms with van der Waals surface area (Å²) in [4.78, 5) is 1.36. The molecule has 2 aromatic carbocycles. The molecule has 1 aromatic heterocycles. The highest BCUT2D eigenvalue weighted by molar-refractivity contribution is 8.00. The van der Waals surface area contributed by atoms with E-state index in [9.17, 15) is 0 Å². The van der Waals surface area contributed by atoms with Crippen molar-refractivity contribution < 1.29 is 0 Å². The quantitative estimate of drug-likeness (QED) is 0.547. The van der Waals surface area contributed by atoms with Crippen LogP contribution in [0.2, 0.25) is 5.02 Å². The van der Waals surface area contributed by atoms with Crippen molar-refractivity contribution in [3.05, 3.63) is 65.3 Å². The van der Waals surface area contributed by atoms with Crippen LogP contribution in [0.4, 0.5) is 0 Å². The highest BCUT2D eigenvalue weighted by Gasteiger charge is 2.10. The molecule has 0 aliphatic heterocycles. The number of thioether (sulfide) groups is 1. The SMILES string of the molecule is CC(C)Sc1cn(Cc2ccc(Cl)cc2)c2ccccc12. The Morgan fingerprint density at radius 1 is 1.05 bits per heavy atom. The van der Waals surface area contributed by atoms with Gasteiger partial charge in [-0.15, -0.1) is 11.8 Å². The van der Waals surface area contributed by atoms with Crippen LogP contribution in [-0.2, 0) is 6.54 Å². The molecule has 0 aliphatic rings. The normalized spacial score (nSPS) is 11.4. The Morgan fingerprint density at radius 3 is 2.48 bits per heavy atom. The molecule has 0 bridgehead atoms. The third kappa shape index (κ3) is 3.28. The van der Waals surface area contributed by atoms with Crippen LogP contribution >= 0.6 is 23.4 Å². The number of aromatic nitrogens is 1. The molecule has 0 radical (unpaired) electrons. The predicted molar refractivity (Wildman–Crippen MR) is 93.5 cm³/mol. The van der Waals surface area contributed by atoms with E-state index in [2.05, 4.69) is 61.0 Å². The maximum Gasteiger partial charge on any atom is 0.0495 e. The molecule has 0 unspecified atom stereocenters. The number of halogens is 1. The summed E-state index contributed by atoms with van der Waals surface area (Å²) < 4.78 is 2.32. The fourth-order valence-electron chi connectivity index (χ4n) is 2.48. The van der Waals surface area contributed by atoms with Gasteiger partial charge in [0, 0.05) is 38.8 Å². The van der Waals surface area contributed by atoms with Crippen molar-refractivity contribution in [2.75, 3.05) is 0 Å². The molecule has 3 heteroatoms. The first-order valence-corrected chi connectivity index (χ1v) is 8.38. The summed E-state index contributed by atoms with van der Waals surface area (Å²) in [5, 5.41) is 2.71. The van der Waals surface area contributed by atoms with E-state index < -0.39 is 0 Å². The first-order valence-electron chi connectivity index (χ1n) is 7.12. The zero-order valence-corrected chi connectivity index (χ0v) is 13.8. The van der Waals surface area contributed by atoms with Crippen molar-refractivity contribution in [2.24, 2.45) is 0 Å². The first kappa shape index (κ1) is 14.6. The lowest BCUT2D eigenvalue weighted by Gasteiger charge is -2.05. The van der Waals surface area contributed by atoms with Gasteiger partial charge < -0.3 is 4.57 Å². The predicted octanol–water partition coefficient (Wildman–Crippen LogP) is 5.84. The number of benzene rings is 2. The number of nitrogens with zero attached hydrogens (tertiary/aromatic N) is 1. The van der Waals surface area contributed by atoms with Crippen LogP contribution < -0.4 is 0 Å². The number of fused-ring (bicyclic) bond motifs is 1. The van der Waals surface area contributed by atoms with Gasteiger partial charge in [-0.1, -0.05) is 55.8 Å². The number of hydrogen-bond acceptors (Lipinski definition) is 1. The van der Waals surface area contributed by atoms with Crippen LogP contribution in [0, 0.1) is 0 Å². The van der Waals surface area contributed by atoms with Crippen LogP contribution in [0.3, 0.4) is 0 Å². The molecule has 1 heterocycles. The second-order valence-electron chi connectivity index (χ2n) is 5.43. The van der Waals surface area contributed by atoms with E-state index >= 15 is 0 Å². The Labute approximate surface area is 134 Å². The first-order chi connectivity index (χ1) is 10.1. The van der Waals surface area contributed by atoms with Gasteiger partial charge in [-0.3, -0.25) is 0 Å². The van der Waals surface area contributed by atoms with Crippen molar-refractivity contribution >= 4 is 34.3 Å². The van der Waals surface area contributed by atoms with E-state index in [1.54, 1.807) is 0 Å². The molecule has 0 saturated heterocycles. The molecule has 0 N–H and O–H groups in total. The van der Waals surface area contributed by atoms with Crippen LogP contribution in [0.1, 0.15) is 19.4 Å². The monoisotopic (exact) mass is 315 g/mol. The summed E-state index contributed by atoms with van der Waals surface area (Å²) in [6.45, 7) is 5.34. The van der Waals surface area contributed by atoms with Crippen molar-refractivity contribution in [1.29, 1.82) is 0 Å². The summed E-state index contributed by atoms with van der Waals surface area (Å²) in [5.74, 6) is 0. The van der Waals surface area contributed by atoms with Gasteiger partial charge in [0.05, 0.1) is 0 Å². The minimum Gasteiger partial charge on any atom is -0.342 e. The topological polar surface area (TPSA) is 4.93 Å². The van der Waals surface area contributed by atoms with E-state index in [0.29, 0.717) is 5.25 Å². The highest BCUT2D eigenvalue weighted by Crippen LogP contribution is 2.32. The maximum atomic E-state index is 5.96. The maximum absolute atomic E-state index is 5.96. The lowest BCUT2D eigenvalue weighted by Crippen LogP contribution is -1.97. The van der Waals surface area contributed by atoms with Crippen molar-refractivity contribution in [3.8, 4) is 0 Å². The lowest BCUT2D eigenvalue weighted by molar-refractivity contribution is 0.830. The van der Waals surface area contributed by atoms with E-state index in [1.807, 2.05) is 23.9 Å². The van der Waals surface area contributed by atoms with Gasteiger partial charge in [-0.05, 0) is 23.8 Å². The summed E-state index contributed by atoms with van der Waals surface area (Å²) in [6.07, 6.45) is 2.27. The smallest absolute Gasteiger partial charge is 0.0495 e. The van der Waals surface area contributed by atoms with Gasteiger partial charge >= 0.3 is 0 Å². The van der Waals surface area contributed by atoms with Crippen molar-refractivity contribution in [2.45, 2.75) is 30.5 Å². The second-order valence-corrected chi connectivity index (χ2v) is 7.49. The minimum absolute atomic E-state index is 0.583. The number of rotatable bonds is 4. The highest BCUT2D eigenvalue weighted by atomic mass is 35.5. The Morgan fingerprint density at radius 2 is 1.76 bits per heavy atom. The Kier molecular flexibility index (Phi) is 4.27. The summed E-state index contributed by atoms with van der Waals surface area (Å²) in [7, 11) is 0. The molecule has 0 spiro atoms. The molecule has 0 atom stereocenters. The third-order valence-corrected chi connectivity index (χ3v) is 4.68. The molecule has 0 aliphatic carbocycles. The largest absolute Gasteiger partial charge is 0.342 e. The van der Waals surface area contributed by atoms with E-state index in [-0.39, 0.29) is 0 Å². The van der Waals surface area contributed by atoms with E-state index in [0.717, 1.165) is 11.6 Å². The Balaban J connectivity index is 2.00. The molecule has 1 nitrogen and oxygen atoms in total. The van der Waals surface area contributed by atoms with Crippen LogP contribution in [0.15, 0.2) is 59.6 Å². The van der Waals surface area contributed by atoms with Crippen LogP contribution in [0.5, 0.6) is 0 Å². The average molecular weight is 316 g/mol. The Bertz CT molecular complexity index is 744. The molecule has 108 valence electrons. The standard InChI is InChI=1S/C18H18ClNS/c1-13(2)21-18-12-20(17-6-4-3-5-16(17)18)11-14-7-9-15(19)10-8-14/h3-10,12-13H,11H2,1-2H3. The Hall–Kier alpha value is -1.38. The zero-order valence-electron chi connectivity index (χ0n) is 12.2. The van der Waals surface area contributed by atoms with Gasteiger partial charge in [0.15, 0.2) is 0 Å². The molecular weight excluding hydrogens is 298 g/mol. The molecule has 0 saturated carbocycles. The number of para-hydroxylation sites is 1. The minimum atomic E-state index is 0.583. The van der Waals surface area contributed by atoms with Gasteiger partial charge in [0.2, 0.25) is 0 Å². The van der Waals surface area contributed by atoms with Gasteiger partial charge in [0.25, 0.3) is 0 Å². The van der Waals surface area contributed by atoms with E-state index in [1.165, 1.54) is 21.4 Å². The fraction of sp³-hybridized carbons (Fsp3) is 0.222. The molecule has 21 heavy (non-hydrogen) atoms.